The molecule has 2 atom stereocenters. The van der Waals surface area contributed by atoms with Crippen molar-refractivity contribution in [1.29, 1.82) is 0 Å². The van der Waals surface area contributed by atoms with Crippen molar-refractivity contribution in [2.45, 2.75) is 25.3 Å². The molecule has 110 valence electrons. The predicted molar refractivity (Wildman–Crippen MR) is 86.0 cm³/mol. The average molecular weight is 282 g/mol. The lowest BCUT2D eigenvalue weighted by Crippen LogP contribution is -2.43. The zero-order valence-electron chi connectivity index (χ0n) is 12.3. The van der Waals surface area contributed by atoms with Gasteiger partial charge in [-0.3, -0.25) is 4.79 Å². The second-order valence-corrected chi connectivity index (χ2v) is 5.35. The highest BCUT2D eigenvalue weighted by molar-refractivity contribution is 5.81. The molecule has 2 rings (SSSR count). The van der Waals surface area contributed by atoms with E-state index in [0.29, 0.717) is 13.0 Å². The Labute approximate surface area is 126 Å². The van der Waals surface area contributed by atoms with Gasteiger partial charge in [-0.25, -0.2) is 0 Å². The van der Waals surface area contributed by atoms with Crippen LogP contribution in [0.15, 0.2) is 60.7 Å². The molecular formula is C18H22N2O. The van der Waals surface area contributed by atoms with Gasteiger partial charge in [-0.05, 0) is 23.5 Å². The van der Waals surface area contributed by atoms with Crippen molar-refractivity contribution in [3.63, 3.8) is 0 Å². The summed E-state index contributed by atoms with van der Waals surface area (Å²) < 4.78 is 0. The molecule has 2 aromatic rings. The molecule has 3 nitrogen and oxygen atoms in total. The molecule has 0 aliphatic rings. The van der Waals surface area contributed by atoms with Crippen molar-refractivity contribution < 1.29 is 4.79 Å². The number of nitrogens with two attached hydrogens (primary N) is 1. The molecule has 0 saturated carbocycles. The lowest BCUT2D eigenvalue weighted by Gasteiger charge is -2.16. The molecule has 21 heavy (non-hydrogen) atoms. The summed E-state index contributed by atoms with van der Waals surface area (Å²) in [4.78, 5) is 12.0. The molecule has 0 bridgehead atoms. The summed E-state index contributed by atoms with van der Waals surface area (Å²) in [5.41, 5.74) is 8.26. The normalized spacial score (nSPS) is 13.4. The number of hydrogen-bond donors (Lipinski definition) is 2. The molecule has 3 heteroatoms. The molecule has 0 aromatic heterocycles. The lowest BCUT2D eigenvalue weighted by atomic mass is 10.0. The fourth-order valence-electron chi connectivity index (χ4n) is 2.24. The van der Waals surface area contributed by atoms with Gasteiger partial charge in [0.15, 0.2) is 0 Å². The van der Waals surface area contributed by atoms with Gasteiger partial charge in [0.2, 0.25) is 5.91 Å². The molecule has 0 aliphatic carbocycles. The van der Waals surface area contributed by atoms with E-state index in [1.165, 1.54) is 5.56 Å². The molecule has 1 amide bonds. The van der Waals surface area contributed by atoms with E-state index in [0.717, 1.165) is 5.56 Å². The van der Waals surface area contributed by atoms with Crippen molar-refractivity contribution >= 4 is 5.91 Å². The van der Waals surface area contributed by atoms with Crippen LogP contribution in [-0.4, -0.2) is 18.5 Å². The van der Waals surface area contributed by atoms with Crippen molar-refractivity contribution in [1.82, 2.24) is 5.32 Å². The monoisotopic (exact) mass is 282 g/mol. The van der Waals surface area contributed by atoms with Crippen molar-refractivity contribution in [2.24, 2.45) is 5.73 Å². The fourth-order valence-corrected chi connectivity index (χ4v) is 2.24. The third kappa shape index (κ3) is 4.72. The second-order valence-electron chi connectivity index (χ2n) is 5.35. The zero-order valence-corrected chi connectivity index (χ0v) is 12.3. The summed E-state index contributed by atoms with van der Waals surface area (Å²) in [5.74, 6) is 0.181. The van der Waals surface area contributed by atoms with Crippen LogP contribution in [0.5, 0.6) is 0 Å². The van der Waals surface area contributed by atoms with Crippen LogP contribution in [0, 0.1) is 0 Å². The maximum Gasteiger partial charge on any atom is 0.237 e. The number of nitrogens with one attached hydrogen (secondary N) is 1. The lowest BCUT2D eigenvalue weighted by molar-refractivity contribution is -0.122. The molecule has 2 unspecified atom stereocenters. The predicted octanol–water partition coefficient (Wildman–Crippen LogP) is 2.48. The second kappa shape index (κ2) is 7.60. The molecule has 0 heterocycles. The van der Waals surface area contributed by atoms with Crippen LogP contribution in [0.25, 0.3) is 0 Å². The van der Waals surface area contributed by atoms with Crippen LogP contribution < -0.4 is 11.1 Å². The van der Waals surface area contributed by atoms with Gasteiger partial charge in [0.25, 0.3) is 0 Å². The van der Waals surface area contributed by atoms with E-state index in [9.17, 15) is 4.79 Å². The molecule has 2 aromatic carbocycles. The van der Waals surface area contributed by atoms with Crippen LogP contribution in [0.2, 0.25) is 0 Å². The number of benzene rings is 2. The standard InChI is InChI=1S/C18H22N2O/c1-14(16-10-6-3-7-11-16)13-20-18(21)17(19)12-15-8-4-2-5-9-15/h2-11,14,17H,12-13,19H2,1H3,(H,20,21). The van der Waals surface area contributed by atoms with E-state index in [1.54, 1.807) is 0 Å². The zero-order chi connectivity index (χ0) is 15.1. The van der Waals surface area contributed by atoms with Gasteiger partial charge in [-0.15, -0.1) is 0 Å². The number of carbonyl (C=O) groups excluding carboxylic acids is 1. The average Bonchev–Trinajstić information content (AvgIpc) is 2.54. The number of hydrogen-bond acceptors (Lipinski definition) is 2. The third-order valence-electron chi connectivity index (χ3n) is 3.59. The van der Waals surface area contributed by atoms with E-state index < -0.39 is 6.04 Å². The van der Waals surface area contributed by atoms with E-state index in [-0.39, 0.29) is 11.8 Å². The van der Waals surface area contributed by atoms with Crippen molar-refractivity contribution in [2.75, 3.05) is 6.54 Å². The first-order valence-electron chi connectivity index (χ1n) is 7.29. The maximum absolute atomic E-state index is 12.0. The number of carbonyl (C=O) groups is 1. The summed E-state index contributed by atoms with van der Waals surface area (Å²) in [5, 5.41) is 2.94. The SMILES string of the molecule is CC(CNC(=O)C(N)Cc1ccccc1)c1ccccc1. The minimum absolute atomic E-state index is 0.0957. The first kappa shape index (κ1) is 15.3. The Morgan fingerprint density at radius 2 is 1.62 bits per heavy atom. The van der Waals surface area contributed by atoms with E-state index >= 15 is 0 Å². The highest BCUT2D eigenvalue weighted by Crippen LogP contribution is 2.13. The van der Waals surface area contributed by atoms with Gasteiger partial charge in [0.05, 0.1) is 6.04 Å². The van der Waals surface area contributed by atoms with Crippen LogP contribution in [-0.2, 0) is 11.2 Å². The summed E-state index contributed by atoms with van der Waals surface area (Å²) in [6.07, 6.45) is 0.562. The van der Waals surface area contributed by atoms with Gasteiger partial charge < -0.3 is 11.1 Å². The fraction of sp³-hybridized carbons (Fsp3) is 0.278. The third-order valence-corrected chi connectivity index (χ3v) is 3.59. The first-order chi connectivity index (χ1) is 10.2. The van der Waals surface area contributed by atoms with Crippen molar-refractivity contribution in [3.05, 3.63) is 71.8 Å². The minimum Gasteiger partial charge on any atom is -0.354 e. The minimum atomic E-state index is -0.504. The Balaban J connectivity index is 1.81. The Morgan fingerprint density at radius 3 is 2.24 bits per heavy atom. The van der Waals surface area contributed by atoms with Gasteiger partial charge in [-0.1, -0.05) is 67.6 Å². The summed E-state index contributed by atoms with van der Waals surface area (Å²) in [6.45, 7) is 2.70. The number of rotatable bonds is 6. The maximum atomic E-state index is 12.0. The topological polar surface area (TPSA) is 55.1 Å². The summed E-state index contributed by atoms with van der Waals surface area (Å²) >= 11 is 0. The molecule has 0 aliphatic heterocycles. The van der Waals surface area contributed by atoms with Crippen molar-refractivity contribution in [3.8, 4) is 0 Å². The highest BCUT2D eigenvalue weighted by Gasteiger charge is 2.15. The molecule has 0 fully saturated rings. The van der Waals surface area contributed by atoms with Gasteiger partial charge in [0.1, 0.15) is 0 Å². The van der Waals surface area contributed by atoms with Crippen LogP contribution in [0.3, 0.4) is 0 Å². The van der Waals surface area contributed by atoms with Crippen LogP contribution >= 0.6 is 0 Å². The van der Waals surface area contributed by atoms with E-state index in [2.05, 4.69) is 24.4 Å². The van der Waals surface area contributed by atoms with E-state index in [4.69, 9.17) is 5.73 Å². The summed E-state index contributed by atoms with van der Waals surface area (Å²) in [7, 11) is 0. The molecule has 0 spiro atoms. The Bertz CT molecular complexity index is 554. The Morgan fingerprint density at radius 1 is 1.05 bits per heavy atom. The van der Waals surface area contributed by atoms with Crippen LogP contribution in [0.1, 0.15) is 24.0 Å². The van der Waals surface area contributed by atoms with Gasteiger partial charge >= 0.3 is 0 Å². The quantitative estimate of drug-likeness (QED) is 0.855. The van der Waals surface area contributed by atoms with Crippen LogP contribution in [0.4, 0.5) is 0 Å². The van der Waals surface area contributed by atoms with Gasteiger partial charge in [0, 0.05) is 6.54 Å². The van der Waals surface area contributed by atoms with E-state index in [1.807, 2.05) is 48.5 Å². The molecule has 3 N–H and O–H groups in total. The first-order valence-corrected chi connectivity index (χ1v) is 7.29. The van der Waals surface area contributed by atoms with Gasteiger partial charge in [-0.2, -0.15) is 0 Å². The highest BCUT2D eigenvalue weighted by atomic mass is 16.2. The molecule has 0 saturated heterocycles. The largest absolute Gasteiger partial charge is 0.354 e. The Kier molecular flexibility index (Phi) is 5.52. The molecule has 0 radical (unpaired) electrons. The smallest absolute Gasteiger partial charge is 0.237 e. The summed E-state index contributed by atoms with van der Waals surface area (Å²) in [6, 6.07) is 19.5. The number of amides is 1. The Hall–Kier alpha value is -2.13. The molecular weight excluding hydrogens is 260 g/mol.